The zero-order valence-corrected chi connectivity index (χ0v) is 10.9. The highest BCUT2D eigenvalue weighted by atomic mass is 16.4. The van der Waals surface area contributed by atoms with Gasteiger partial charge in [0.1, 0.15) is 0 Å². The third-order valence-corrected chi connectivity index (χ3v) is 2.33. The van der Waals surface area contributed by atoms with Crippen LogP contribution in [0.2, 0.25) is 0 Å². The average molecular weight is 267 g/mol. The summed E-state index contributed by atoms with van der Waals surface area (Å²) in [6.45, 7) is 0. The van der Waals surface area contributed by atoms with Gasteiger partial charge in [0, 0.05) is 18.5 Å². The molecule has 0 aliphatic heterocycles. The molecule has 0 fully saturated rings. The molecule has 0 heterocycles. The van der Waals surface area contributed by atoms with E-state index in [4.69, 9.17) is 15.9 Å². The van der Waals surface area contributed by atoms with Crippen LogP contribution in [0.15, 0.2) is 30.3 Å². The Balaban J connectivity index is 0.000000388. The Morgan fingerprint density at radius 3 is 1.53 bits per heavy atom. The minimum absolute atomic E-state index is 0.188. The standard InChI is InChI=1S/C8H14O4.C6H7N/c9-7(10)5-3-1-2-4-6-8(11)12;7-6-4-2-1-3-5-6/h1-6H2,(H,9,10)(H,11,12);1-5H,7H2. The lowest BCUT2D eigenvalue weighted by atomic mass is 10.1. The third kappa shape index (κ3) is 13.9. The van der Waals surface area contributed by atoms with Crippen molar-refractivity contribution in [2.24, 2.45) is 0 Å². The lowest BCUT2D eigenvalue weighted by Gasteiger charge is -1.96. The first-order chi connectivity index (χ1) is 9.02. The van der Waals surface area contributed by atoms with Crippen LogP contribution < -0.4 is 5.73 Å². The molecule has 0 saturated heterocycles. The van der Waals surface area contributed by atoms with Crippen molar-refractivity contribution in [1.29, 1.82) is 0 Å². The van der Waals surface area contributed by atoms with Gasteiger partial charge in [0.25, 0.3) is 0 Å². The first kappa shape index (κ1) is 17.0. The van der Waals surface area contributed by atoms with Gasteiger partial charge in [-0.1, -0.05) is 31.0 Å². The molecule has 0 bridgehead atoms. The van der Waals surface area contributed by atoms with Crippen LogP contribution in [0, 0.1) is 0 Å². The van der Waals surface area contributed by atoms with Gasteiger partial charge in [0.05, 0.1) is 0 Å². The quantitative estimate of drug-likeness (QED) is 0.521. The van der Waals surface area contributed by atoms with Crippen molar-refractivity contribution in [1.82, 2.24) is 0 Å². The van der Waals surface area contributed by atoms with Crippen molar-refractivity contribution in [3.8, 4) is 0 Å². The lowest BCUT2D eigenvalue weighted by Crippen LogP contribution is -1.95. The summed E-state index contributed by atoms with van der Waals surface area (Å²) in [6.07, 6.45) is 3.28. The van der Waals surface area contributed by atoms with Gasteiger partial charge in [-0.05, 0) is 25.0 Å². The Labute approximate surface area is 113 Å². The van der Waals surface area contributed by atoms with Crippen molar-refractivity contribution < 1.29 is 19.8 Å². The summed E-state index contributed by atoms with van der Waals surface area (Å²) in [5.74, 6) is -1.57. The maximum atomic E-state index is 10.0. The van der Waals surface area contributed by atoms with E-state index in [0.29, 0.717) is 12.8 Å². The van der Waals surface area contributed by atoms with Gasteiger partial charge < -0.3 is 15.9 Å². The van der Waals surface area contributed by atoms with Crippen LogP contribution in [-0.4, -0.2) is 22.2 Å². The molecule has 0 aliphatic carbocycles. The molecule has 0 radical (unpaired) electrons. The van der Waals surface area contributed by atoms with E-state index in [1.54, 1.807) is 0 Å². The largest absolute Gasteiger partial charge is 0.481 e. The molecular weight excluding hydrogens is 246 g/mol. The number of nitrogen functional groups attached to an aromatic ring is 1. The van der Waals surface area contributed by atoms with Gasteiger partial charge in [0.15, 0.2) is 0 Å². The van der Waals surface area contributed by atoms with E-state index in [0.717, 1.165) is 18.5 Å². The zero-order valence-electron chi connectivity index (χ0n) is 10.9. The number of aliphatic carboxylic acids is 2. The van der Waals surface area contributed by atoms with Gasteiger partial charge in [0.2, 0.25) is 0 Å². The minimum Gasteiger partial charge on any atom is -0.481 e. The number of nitrogens with two attached hydrogens (primary N) is 1. The maximum Gasteiger partial charge on any atom is 0.303 e. The number of hydrogen-bond donors (Lipinski definition) is 3. The van der Waals surface area contributed by atoms with Crippen molar-refractivity contribution >= 4 is 17.6 Å². The maximum absolute atomic E-state index is 10.0. The second-order valence-electron chi connectivity index (χ2n) is 4.11. The van der Waals surface area contributed by atoms with Crippen molar-refractivity contribution in [3.63, 3.8) is 0 Å². The summed E-state index contributed by atoms with van der Waals surface area (Å²) in [4.78, 5) is 20.1. The molecule has 5 nitrogen and oxygen atoms in total. The number of carboxylic acids is 2. The number of rotatable bonds is 7. The molecule has 19 heavy (non-hydrogen) atoms. The van der Waals surface area contributed by atoms with Gasteiger partial charge in [-0.3, -0.25) is 9.59 Å². The number of para-hydroxylation sites is 1. The molecule has 0 atom stereocenters. The normalized spacial score (nSPS) is 9.26. The fraction of sp³-hybridized carbons (Fsp3) is 0.429. The van der Waals surface area contributed by atoms with Crippen LogP contribution >= 0.6 is 0 Å². The molecular formula is C14H21NO4. The number of unbranched alkanes of at least 4 members (excludes halogenated alkanes) is 3. The molecule has 5 heteroatoms. The number of anilines is 1. The van der Waals surface area contributed by atoms with Crippen LogP contribution in [0.5, 0.6) is 0 Å². The van der Waals surface area contributed by atoms with Gasteiger partial charge >= 0.3 is 11.9 Å². The molecule has 1 aromatic rings. The second-order valence-corrected chi connectivity index (χ2v) is 4.11. The summed E-state index contributed by atoms with van der Waals surface area (Å²) in [6, 6.07) is 9.49. The number of carboxylic acid groups (broad SMARTS) is 2. The highest BCUT2D eigenvalue weighted by Gasteiger charge is 1.98. The topological polar surface area (TPSA) is 101 Å². The molecule has 0 aromatic heterocycles. The zero-order chi connectivity index (χ0) is 14.5. The van der Waals surface area contributed by atoms with Crippen LogP contribution in [0.1, 0.15) is 38.5 Å². The van der Waals surface area contributed by atoms with Crippen LogP contribution in [-0.2, 0) is 9.59 Å². The first-order valence-corrected chi connectivity index (χ1v) is 6.26. The van der Waals surface area contributed by atoms with Crippen molar-refractivity contribution in [2.75, 3.05) is 5.73 Å². The van der Waals surface area contributed by atoms with E-state index in [1.807, 2.05) is 30.3 Å². The molecule has 0 unspecified atom stereocenters. The second kappa shape index (κ2) is 11.1. The van der Waals surface area contributed by atoms with Crippen LogP contribution in [0.3, 0.4) is 0 Å². The summed E-state index contributed by atoms with van der Waals surface area (Å²) >= 11 is 0. The highest BCUT2D eigenvalue weighted by Crippen LogP contribution is 2.04. The Morgan fingerprint density at radius 2 is 1.26 bits per heavy atom. The fourth-order valence-electron chi connectivity index (χ4n) is 1.36. The Morgan fingerprint density at radius 1 is 0.842 bits per heavy atom. The number of carbonyl (C=O) groups is 2. The minimum atomic E-state index is -0.784. The lowest BCUT2D eigenvalue weighted by molar-refractivity contribution is -0.138. The van der Waals surface area contributed by atoms with E-state index in [1.165, 1.54) is 0 Å². The molecule has 4 N–H and O–H groups in total. The molecule has 106 valence electrons. The van der Waals surface area contributed by atoms with Crippen molar-refractivity contribution in [3.05, 3.63) is 30.3 Å². The SMILES string of the molecule is Nc1ccccc1.O=C(O)CCCCCCC(=O)O. The molecule has 0 amide bonds. The Bertz CT molecular complexity index is 347. The monoisotopic (exact) mass is 267 g/mol. The third-order valence-electron chi connectivity index (χ3n) is 2.33. The van der Waals surface area contributed by atoms with Gasteiger partial charge in [-0.15, -0.1) is 0 Å². The van der Waals surface area contributed by atoms with Crippen LogP contribution in [0.25, 0.3) is 0 Å². The predicted molar refractivity (Wildman–Crippen MR) is 73.8 cm³/mol. The number of hydrogen-bond acceptors (Lipinski definition) is 3. The Hall–Kier alpha value is -2.04. The van der Waals surface area contributed by atoms with E-state index in [9.17, 15) is 9.59 Å². The fourth-order valence-corrected chi connectivity index (χ4v) is 1.36. The van der Waals surface area contributed by atoms with Crippen molar-refractivity contribution in [2.45, 2.75) is 38.5 Å². The van der Waals surface area contributed by atoms with E-state index in [2.05, 4.69) is 0 Å². The van der Waals surface area contributed by atoms with Gasteiger partial charge in [-0.25, -0.2) is 0 Å². The number of benzene rings is 1. The first-order valence-electron chi connectivity index (χ1n) is 6.26. The molecule has 0 spiro atoms. The molecule has 1 rings (SSSR count). The summed E-state index contributed by atoms with van der Waals surface area (Å²) < 4.78 is 0. The Kier molecular flexibility index (Phi) is 9.88. The summed E-state index contributed by atoms with van der Waals surface area (Å²) in [5, 5.41) is 16.5. The van der Waals surface area contributed by atoms with Crippen LogP contribution in [0.4, 0.5) is 5.69 Å². The predicted octanol–water partition coefficient (Wildman–Crippen LogP) is 2.77. The molecule has 0 aliphatic rings. The van der Waals surface area contributed by atoms with E-state index in [-0.39, 0.29) is 12.8 Å². The summed E-state index contributed by atoms with van der Waals surface area (Å²) in [5.41, 5.74) is 6.18. The van der Waals surface area contributed by atoms with E-state index >= 15 is 0 Å². The van der Waals surface area contributed by atoms with E-state index < -0.39 is 11.9 Å². The summed E-state index contributed by atoms with van der Waals surface area (Å²) in [7, 11) is 0. The molecule has 1 aromatic carbocycles. The smallest absolute Gasteiger partial charge is 0.303 e. The van der Waals surface area contributed by atoms with Gasteiger partial charge in [-0.2, -0.15) is 0 Å². The average Bonchev–Trinajstić information content (AvgIpc) is 2.35. The molecule has 0 saturated carbocycles. The highest BCUT2D eigenvalue weighted by molar-refractivity contribution is 5.66.